The molecule has 2 rings (SSSR count). The SMILES string of the molecule is CC(=O)CCc1ccc(O[C@H](C)C(=O)Nc2ccc(C#N)cc2)cc1. The summed E-state index contributed by atoms with van der Waals surface area (Å²) in [5.41, 5.74) is 2.20. The van der Waals surface area contributed by atoms with Gasteiger partial charge < -0.3 is 14.8 Å². The van der Waals surface area contributed by atoms with Crippen molar-refractivity contribution in [2.45, 2.75) is 32.8 Å². The fraction of sp³-hybridized carbons (Fsp3) is 0.250. The highest BCUT2D eigenvalue weighted by Crippen LogP contribution is 2.16. The van der Waals surface area contributed by atoms with Crippen LogP contribution in [0.5, 0.6) is 5.75 Å². The number of Topliss-reactive ketones (excluding diaryl/α,β-unsaturated/α-hetero) is 1. The summed E-state index contributed by atoms with van der Waals surface area (Å²) < 4.78 is 5.64. The molecule has 1 N–H and O–H groups in total. The highest BCUT2D eigenvalue weighted by Gasteiger charge is 2.15. The van der Waals surface area contributed by atoms with Crippen molar-refractivity contribution in [3.8, 4) is 11.8 Å². The molecule has 0 spiro atoms. The van der Waals surface area contributed by atoms with Crippen LogP contribution in [0.25, 0.3) is 0 Å². The first kappa shape index (κ1) is 18.2. The number of carbonyl (C=O) groups is 2. The molecule has 0 aromatic heterocycles. The van der Waals surface area contributed by atoms with Gasteiger partial charge in [-0.1, -0.05) is 12.1 Å². The minimum Gasteiger partial charge on any atom is -0.481 e. The van der Waals surface area contributed by atoms with Crippen LogP contribution in [0.4, 0.5) is 5.69 Å². The third-order valence-electron chi connectivity index (χ3n) is 3.65. The molecule has 0 radical (unpaired) electrons. The van der Waals surface area contributed by atoms with Crippen molar-refractivity contribution in [2.75, 3.05) is 5.32 Å². The molecule has 2 aromatic rings. The van der Waals surface area contributed by atoms with Crippen LogP contribution in [0, 0.1) is 11.3 Å². The molecule has 0 saturated carbocycles. The standard InChI is InChI=1S/C20H20N2O3/c1-14(23)3-4-16-7-11-19(12-8-16)25-15(2)20(24)22-18-9-5-17(13-21)6-10-18/h5-12,15H,3-4H2,1-2H3,(H,22,24)/t15-/m1/s1. The molecule has 0 heterocycles. The maximum absolute atomic E-state index is 12.2. The van der Waals surface area contributed by atoms with Crippen LogP contribution in [0.3, 0.4) is 0 Å². The molecular weight excluding hydrogens is 316 g/mol. The second-order valence-electron chi connectivity index (χ2n) is 5.78. The van der Waals surface area contributed by atoms with E-state index in [9.17, 15) is 9.59 Å². The molecule has 0 unspecified atom stereocenters. The molecule has 0 fully saturated rings. The van der Waals surface area contributed by atoms with Gasteiger partial charge in [0.2, 0.25) is 0 Å². The molecule has 1 amide bonds. The first-order valence-corrected chi connectivity index (χ1v) is 8.04. The number of nitrogens with one attached hydrogen (secondary N) is 1. The number of carbonyl (C=O) groups excluding carboxylic acids is 2. The van der Waals surface area contributed by atoms with E-state index in [2.05, 4.69) is 5.32 Å². The predicted octanol–water partition coefficient (Wildman–Crippen LogP) is 3.49. The highest BCUT2D eigenvalue weighted by atomic mass is 16.5. The first-order valence-electron chi connectivity index (χ1n) is 8.04. The average molecular weight is 336 g/mol. The Morgan fingerprint density at radius 1 is 1.12 bits per heavy atom. The van der Waals surface area contributed by atoms with Crippen LogP contribution in [-0.4, -0.2) is 17.8 Å². The van der Waals surface area contributed by atoms with Gasteiger partial charge in [-0.25, -0.2) is 0 Å². The Kier molecular flexibility index (Phi) is 6.30. The van der Waals surface area contributed by atoms with E-state index in [1.165, 1.54) is 0 Å². The lowest BCUT2D eigenvalue weighted by molar-refractivity contribution is -0.122. The molecular formula is C20H20N2O3. The Hall–Kier alpha value is -3.13. The van der Waals surface area contributed by atoms with Crippen molar-refractivity contribution in [1.29, 1.82) is 5.26 Å². The van der Waals surface area contributed by atoms with Gasteiger partial charge in [0.25, 0.3) is 5.91 Å². The second-order valence-corrected chi connectivity index (χ2v) is 5.78. The average Bonchev–Trinajstić information content (AvgIpc) is 2.61. The predicted molar refractivity (Wildman–Crippen MR) is 95.3 cm³/mol. The third-order valence-corrected chi connectivity index (χ3v) is 3.65. The van der Waals surface area contributed by atoms with Crippen molar-refractivity contribution < 1.29 is 14.3 Å². The van der Waals surface area contributed by atoms with Crippen molar-refractivity contribution >= 4 is 17.4 Å². The smallest absolute Gasteiger partial charge is 0.265 e. The fourth-order valence-electron chi connectivity index (χ4n) is 2.18. The number of aryl methyl sites for hydroxylation is 1. The van der Waals surface area contributed by atoms with E-state index < -0.39 is 6.10 Å². The lowest BCUT2D eigenvalue weighted by Crippen LogP contribution is -2.30. The van der Waals surface area contributed by atoms with Gasteiger partial charge in [-0.3, -0.25) is 4.79 Å². The monoisotopic (exact) mass is 336 g/mol. The van der Waals surface area contributed by atoms with E-state index in [0.717, 1.165) is 5.56 Å². The Morgan fingerprint density at radius 3 is 2.32 bits per heavy atom. The summed E-state index contributed by atoms with van der Waals surface area (Å²) in [6.07, 6.45) is 0.548. The van der Waals surface area contributed by atoms with Gasteiger partial charge >= 0.3 is 0 Å². The first-order chi connectivity index (χ1) is 12.0. The number of benzene rings is 2. The molecule has 5 heteroatoms. The topological polar surface area (TPSA) is 79.2 Å². The zero-order valence-corrected chi connectivity index (χ0v) is 14.3. The summed E-state index contributed by atoms with van der Waals surface area (Å²) in [4.78, 5) is 23.2. The Bertz CT molecular complexity index is 774. The van der Waals surface area contributed by atoms with E-state index in [1.54, 1.807) is 50.2 Å². The van der Waals surface area contributed by atoms with Crippen LogP contribution >= 0.6 is 0 Å². The lowest BCUT2D eigenvalue weighted by atomic mass is 10.1. The van der Waals surface area contributed by atoms with Crippen LogP contribution in [0.15, 0.2) is 48.5 Å². The maximum atomic E-state index is 12.2. The van der Waals surface area contributed by atoms with Gasteiger partial charge in [-0.2, -0.15) is 5.26 Å². The largest absolute Gasteiger partial charge is 0.481 e. The van der Waals surface area contributed by atoms with Crippen molar-refractivity contribution in [1.82, 2.24) is 0 Å². The summed E-state index contributed by atoms with van der Waals surface area (Å²) in [6.45, 7) is 3.24. The summed E-state index contributed by atoms with van der Waals surface area (Å²) in [7, 11) is 0. The highest BCUT2D eigenvalue weighted by molar-refractivity contribution is 5.94. The van der Waals surface area contributed by atoms with Crippen molar-refractivity contribution in [3.63, 3.8) is 0 Å². The van der Waals surface area contributed by atoms with Crippen LogP contribution in [0.1, 0.15) is 31.4 Å². The van der Waals surface area contributed by atoms with E-state index in [-0.39, 0.29) is 11.7 Å². The van der Waals surface area contributed by atoms with Crippen molar-refractivity contribution in [3.05, 3.63) is 59.7 Å². The van der Waals surface area contributed by atoms with Gasteiger partial charge in [0.05, 0.1) is 11.6 Å². The number of nitriles is 1. The maximum Gasteiger partial charge on any atom is 0.265 e. The minimum atomic E-state index is -0.668. The number of rotatable bonds is 7. The molecule has 1 atom stereocenters. The number of ether oxygens (including phenoxy) is 1. The van der Waals surface area contributed by atoms with Crippen LogP contribution in [0.2, 0.25) is 0 Å². The minimum absolute atomic E-state index is 0.161. The van der Waals surface area contributed by atoms with E-state index in [1.807, 2.05) is 18.2 Å². The molecule has 0 aliphatic rings. The summed E-state index contributed by atoms with van der Waals surface area (Å²) in [5.74, 6) is 0.479. The molecule has 0 saturated heterocycles. The molecule has 0 aliphatic carbocycles. The Labute approximate surface area is 147 Å². The van der Waals surface area contributed by atoms with Gasteiger partial charge in [-0.15, -0.1) is 0 Å². The normalized spacial score (nSPS) is 11.2. The van der Waals surface area contributed by atoms with Gasteiger partial charge in [-0.05, 0) is 62.2 Å². The van der Waals surface area contributed by atoms with Crippen molar-refractivity contribution in [2.24, 2.45) is 0 Å². The third kappa shape index (κ3) is 5.78. The zero-order chi connectivity index (χ0) is 18.2. The Morgan fingerprint density at radius 2 is 1.76 bits per heavy atom. The number of hydrogen-bond acceptors (Lipinski definition) is 4. The number of ketones is 1. The van der Waals surface area contributed by atoms with E-state index in [4.69, 9.17) is 10.00 Å². The zero-order valence-electron chi connectivity index (χ0n) is 14.3. The molecule has 25 heavy (non-hydrogen) atoms. The summed E-state index contributed by atoms with van der Waals surface area (Å²) in [6, 6.07) is 16.0. The molecule has 0 bridgehead atoms. The van der Waals surface area contributed by atoms with E-state index >= 15 is 0 Å². The number of nitrogens with zero attached hydrogens (tertiary/aromatic N) is 1. The van der Waals surface area contributed by atoms with Gasteiger partial charge in [0.1, 0.15) is 11.5 Å². The van der Waals surface area contributed by atoms with Crippen LogP contribution < -0.4 is 10.1 Å². The van der Waals surface area contributed by atoms with Gasteiger partial charge in [0.15, 0.2) is 6.10 Å². The number of anilines is 1. The lowest BCUT2D eigenvalue weighted by Gasteiger charge is -2.15. The number of amides is 1. The number of hydrogen-bond donors (Lipinski definition) is 1. The van der Waals surface area contributed by atoms with E-state index in [0.29, 0.717) is 29.8 Å². The Balaban J connectivity index is 1.89. The van der Waals surface area contributed by atoms with Gasteiger partial charge in [0, 0.05) is 12.1 Å². The fourth-order valence-corrected chi connectivity index (χ4v) is 2.18. The molecule has 128 valence electrons. The summed E-state index contributed by atoms with van der Waals surface area (Å²) >= 11 is 0. The quantitative estimate of drug-likeness (QED) is 0.839. The second kappa shape index (κ2) is 8.65. The summed E-state index contributed by atoms with van der Waals surface area (Å²) in [5, 5.41) is 11.5. The molecule has 0 aliphatic heterocycles. The molecule has 5 nitrogen and oxygen atoms in total. The van der Waals surface area contributed by atoms with Crippen LogP contribution in [-0.2, 0) is 16.0 Å². The molecule has 2 aromatic carbocycles.